The van der Waals surface area contributed by atoms with E-state index >= 15 is 0 Å². The number of anilines is 1. The van der Waals surface area contributed by atoms with Crippen LogP contribution in [0.5, 0.6) is 11.5 Å². The van der Waals surface area contributed by atoms with Crippen LogP contribution in [0.25, 0.3) is 0 Å². The highest BCUT2D eigenvalue weighted by Crippen LogP contribution is 2.38. The SMILES string of the molecule is COc1ccc(C(=O)c2ccccc2N)c(OC)c1Br. The summed E-state index contributed by atoms with van der Waals surface area (Å²) in [6, 6.07) is 10.3. The molecule has 2 N–H and O–H groups in total. The molecule has 0 saturated heterocycles. The van der Waals surface area contributed by atoms with Gasteiger partial charge in [0.05, 0.1) is 19.8 Å². The van der Waals surface area contributed by atoms with E-state index in [9.17, 15) is 4.79 Å². The van der Waals surface area contributed by atoms with Crippen LogP contribution < -0.4 is 15.2 Å². The smallest absolute Gasteiger partial charge is 0.198 e. The van der Waals surface area contributed by atoms with Crippen LogP contribution in [0.15, 0.2) is 40.9 Å². The first kappa shape index (κ1) is 14.4. The van der Waals surface area contributed by atoms with Gasteiger partial charge in [0.15, 0.2) is 5.78 Å². The zero-order chi connectivity index (χ0) is 14.7. The van der Waals surface area contributed by atoms with Crippen LogP contribution in [0.3, 0.4) is 0 Å². The molecule has 0 aliphatic heterocycles. The Morgan fingerprint density at radius 3 is 2.35 bits per heavy atom. The minimum absolute atomic E-state index is 0.191. The fourth-order valence-electron chi connectivity index (χ4n) is 1.92. The highest BCUT2D eigenvalue weighted by Gasteiger charge is 2.20. The van der Waals surface area contributed by atoms with E-state index in [1.54, 1.807) is 43.5 Å². The number of para-hydroxylation sites is 1. The molecular formula is C15H14BrNO3. The predicted molar refractivity (Wildman–Crippen MR) is 81.5 cm³/mol. The van der Waals surface area contributed by atoms with E-state index in [2.05, 4.69) is 15.9 Å². The van der Waals surface area contributed by atoms with Crippen molar-refractivity contribution in [3.8, 4) is 11.5 Å². The van der Waals surface area contributed by atoms with Crippen LogP contribution >= 0.6 is 15.9 Å². The Hall–Kier alpha value is -2.01. The average molecular weight is 336 g/mol. The first-order chi connectivity index (χ1) is 9.60. The van der Waals surface area contributed by atoms with Crippen molar-refractivity contribution in [1.82, 2.24) is 0 Å². The van der Waals surface area contributed by atoms with Crippen LogP contribution in [0.1, 0.15) is 15.9 Å². The van der Waals surface area contributed by atoms with Gasteiger partial charge in [-0.25, -0.2) is 0 Å². The lowest BCUT2D eigenvalue weighted by atomic mass is 10.0. The molecule has 0 heterocycles. The second-order valence-electron chi connectivity index (χ2n) is 4.08. The third kappa shape index (κ3) is 2.49. The second kappa shape index (κ2) is 5.96. The molecule has 2 rings (SSSR count). The maximum Gasteiger partial charge on any atom is 0.198 e. The fourth-order valence-corrected chi connectivity index (χ4v) is 2.59. The predicted octanol–water partition coefficient (Wildman–Crippen LogP) is 3.28. The molecule has 0 aromatic heterocycles. The molecule has 5 heteroatoms. The molecule has 0 atom stereocenters. The molecule has 4 nitrogen and oxygen atoms in total. The van der Waals surface area contributed by atoms with Gasteiger partial charge in [-0.05, 0) is 40.2 Å². The van der Waals surface area contributed by atoms with E-state index in [-0.39, 0.29) is 5.78 Å². The number of nitrogen functional groups attached to an aromatic ring is 1. The number of carbonyl (C=O) groups is 1. The number of halogens is 1. The highest BCUT2D eigenvalue weighted by atomic mass is 79.9. The van der Waals surface area contributed by atoms with Gasteiger partial charge in [-0.3, -0.25) is 4.79 Å². The number of nitrogens with two attached hydrogens (primary N) is 1. The van der Waals surface area contributed by atoms with Crippen LogP contribution in [0, 0.1) is 0 Å². The lowest BCUT2D eigenvalue weighted by Crippen LogP contribution is -2.07. The van der Waals surface area contributed by atoms with Gasteiger partial charge in [-0.15, -0.1) is 0 Å². The number of benzene rings is 2. The summed E-state index contributed by atoms with van der Waals surface area (Å²) in [5.41, 5.74) is 7.16. The molecule has 0 fully saturated rings. The molecule has 104 valence electrons. The van der Waals surface area contributed by atoms with Gasteiger partial charge in [0.2, 0.25) is 0 Å². The third-order valence-electron chi connectivity index (χ3n) is 2.94. The fraction of sp³-hybridized carbons (Fsp3) is 0.133. The summed E-state index contributed by atoms with van der Waals surface area (Å²) in [5.74, 6) is 0.834. The van der Waals surface area contributed by atoms with Gasteiger partial charge >= 0.3 is 0 Å². The number of carbonyl (C=O) groups excluding carboxylic acids is 1. The molecule has 0 unspecified atom stereocenters. The Labute approximate surface area is 125 Å². The quantitative estimate of drug-likeness (QED) is 0.688. The molecule has 0 bridgehead atoms. The Bertz CT molecular complexity index is 656. The van der Waals surface area contributed by atoms with E-state index in [1.165, 1.54) is 7.11 Å². The maximum absolute atomic E-state index is 12.6. The number of hydrogen-bond donors (Lipinski definition) is 1. The molecule has 20 heavy (non-hydrogen) atoms. The molecule has 0 radical (unpaired) electrons. The van der Waals surface area contributed by atoms with Crippen LogP contribution in [-0.2, 0) is 0 Å². The molecule has 0 aliphatic rings. The Morgan fingerprint density at radius 1 is 1.05 bits per heavy atom. The van der Waals surface area contributed by atoms with E-state index in [4.69, 9.17) is 15.2 Å². The van der Waals surface area contributed by atoms with Crippen molar-refractivity contribution in [2.24, 2.45) is 0 Å². The molecule has 0 aliphatic carbocycles. The summed E-state index contributed by atoms with van der Waals surface area (Å²) in [6.07, 6.45) is 0. The Balaban J connectivity index is 2.56. The normalized spacial score (nSPS) is 10.2. The maximum atomic E-state index is 12.6. The van der Waals surface area contributed by atoms with Crippen molar-refractivity contribution in [1.29, 1.82) is 0 Å². The van der Waals surface area contributed by atoms with E-state index in [0.717, 1.165) is 0 Å². The van der Waals surface area contributed by atoms with Crippen LogP contribution in [0.2, 0.25) is 0 Å². The van der Waals surface area contributed by atoms with Crippen LogP contribution in [-0.4, -0.2) is 20.0 Å². The zero-order valence-corrected chi connectivity index (χ0v) is 12.7. The van der Waals surface area contributed by atoms with Crippen molar-refractivity contribution in [2.75, 3.05) is 20.0 Å². The van der Waals surface area contributed by atoms with Crippen molar-refractivity contribution >= 4 is 27.4 Å². The van der Waals surface area contributed by atoms with E-state index < -0.39 is 0 Å². The summed E-state index contributed by atoms with van der Waals surface area (Å²) in [6.45, 7) is 0. The van der Waals surface area contributed by atoms with Gasteiger partial charge in [0.1, 0.15) is 16.0 Å². The van der Waals surface area contributed by atoms with Gasteiger partial charge in [-0.1, -0.05) is 12.1 Å². The molecular weight excluding hydrogens is 322 g/mol. The van der Waals surface area contributed by atoms with Gasteiger partial charge in [0, 0.05) is 11.3 Å². The molecule has 0 amide bonds. The third-order valence-corrected chi connectivity index (χ3v) is 3.69. The first-order valence-corrected chi connectivity index (χ1v) is 6.69. The van der Waals surface area contributed by atoms with Gasteiger partial charge < -0.3 is 15.2 Å². The largest absolute Gasteiger partial charge is 0.495 e. The van der Waals surface area contributed by atoms with Crippen molar-refractivity contribution < 1.29 is 14.3 Å². The highest BCUT2D eigenvalue weighted by molar-refractivity contribution is 9.10. The molecule has 2 aromatic rings. The van der Waals surface area contributed by atoms with Crippen molar-refractivity contribution in [3.05, 3.63) is 52.0 Å². The van der Waals surface area contributed by atoms with Gasteiger partial charge in [0.25, 0.3) is 0 Å². The second-order valence-corrected chi connectivity index (χ2v) is 4.87. The monoisotopic (exact) mass is 335 g/mol. The summed E-state index contributed by atoms with van der Waals surface area (Å²) < 4.78 is 11.1. The number of ether oxygens (including phenoxy) is 2. The van der Waals surface area contributed by atoms with E-state index in [1.807, 2.05) is 0 Å². The number of hydrogen-bond acceptors (Lipinski definition) is 4. The number of ketones is 1. The van der Waals surface area contributed by atoms with Crippen molar-refractivity contribution in [2.45, 2.75) is 0 Å². The molecule has 0 spiro atoms. The Kier molecular flexibility index (Phi) is 4.29. The van der Waals surface area contributed by atoms with E-state index in [0.29, 0.717) is 32.8 Å². The number of rotatable bonds is 4. The minimum atomic E-state index is -0.191. The zero-order valence-electron chi connectivity index (χ0n) is 11.1. The van der Waals surface area contributed by atoms with Crippen molar-refractivity contribution in [3.63, 3.8) is 0 Å². The standard InChI is InChI=1S/C15H14BrNO3/c1-19-12-8-7-10(15(20-2)13(12)16)14(18)9-5-3-4-6-11(9)17/h3-8H,17H2,1-2H3. The molecule has 2 aromatic carbocycles. The topological polar surface area (TPSA) is 61.5 Å². The average Bonchev–Trinajstić information content (AvgIpc) is 2.46. The van der Waals surface area contributed by atoms with Gasteiger partial charge in [-0.2, -0.15) is 0 Å². The summed E-state index contributed by atoms with van der Waals surface area (Å²) in [7, 11) is 3.06. The summed E-state index contributed by atoms with van der Waals surface area (Å²) in [5, 5.41) is 0. The minimum Gasteiger partial charge on any atom is -0.495 e. The summed E-state index contributed by atoms with van der Waals surface area (Å²) in [4.78, 5) is 12.6. The van der Waals surface area contributed by atoms with Crippen LogP contribution in [0.4, 0.5) is 5.69 Å². The molecule has 0 saturated carbocycles. The lowest BCUT2D eigenvalue weighted by Gasteiger charge is -2.13. The Morgan fingerprint density at radius 2 is 1.75 bits per heavy atom. The lowest BCUT2D eigenvalue weighted by molar-refractivity contribution is 0.103. The first-order valence-electron chi connectivity index (χ1n) is 5.89. The number of methoxy groups -OCH3 is 2. The summed E-state index contributed by atoms with van der Waals surface area (Å²) >= 11 is 3.38.